The summed E-state index contributed by atoms with van der Waals surface area (Å²) in [5.74, 6) is -0.641. The van der Waals surface area contributed by atoms with Crippen LogP contribution in [-0.4, -0.2) is 54.4 Å². The number of carbonyl (C=O) groups is 2. The summed E-state index contributed by atoms with van der Waals surface area (Å²) < 4.78 is 28.7. The van der Waals surface area contributed by atoms with Gasteiger partial charge in [-0.25, -0.2) is 0 Å². The molecule has 0 aromatic heterocycles. The van der Waals surface area contributed by atoms with Crippen molar-refractivity contribution in [2.24, 2.45) is 0 Å². The Kier molecular flexibility index (Phi) is 5.46. The molecule has 1 heterocycles. The fraction of sp³-hybridized carbons (Fsp3) is 0.400. The van der Waals surface area contributed by atoms with Crippen molar-refractivity contribution in [2.75, 3.05) is 26.2 Å². The molecule has 23 heavy (non-hydrogen) atoms. The smallest absolute Gasteiger partial charge is 0.387 e. The fourth-order valence-electron chi connectivity index (χ4n) is 2.33. The molecule has 0 bridgehead atoms. The van der Waals surface area contributed by atoms with Crippen LogP contribution in [0.3, 0.4) is 0 Å². The first-order valence-corrected chi connectivity index (χ1v) is 7.00. The van der Waals surface area contributed by atoms with E-state index in [-0.39, 0.29) is 29.5 Å². The number of halogens is 2. The first-order valence-electron chi connectivity index (χ1n) is 7.00. The normalized spacial score (nSPS) is 14.5. The minimum Gasteiger partial charge on any atom is -0.435 e. The standard InChI is InChI=1S/C15H15F2N3O3/c16-15(17)23-12-3-1-2-11(10-12)14(22)20-8-6-19(7-9-20)13(21)4-5-18/h1-3,10,15H,4,6-9H2. The van der Waals surface area contributed by atoms with Gasteiger partial charge in [-0.05, 0) is 18.2 Å². The van der Waals surface area contributed by atoms with Crippen LogP contribution in [0.15, 0.2) is 24.3 Å². The van der Waals surface area contributed by atoms with Crippen molar-refractivity contribution in [3.8, 4) is 11.8 Å². The van der Waals surface area contributed by atoms with Crippen LogP contribution >= 0.6 is 0 Å². The van der Waals surface area contributed by atoms with Crippen LogP contribution in [0.4, 0.5) is 8.78 Å². The fourth-order valence-corrected chi connectivity index (χ4v) is 2.33. The van der Waals surface area contributed by atoms with Gasteiger partial charge in [0, 0.05) is 31.7 Å². The largest absolute Gasteiger partial charge is 0.435 e. The number of nitriles is 1. The molecule has 2 amide bonds. The van der Waals surface area contributed by atoms with Gasteiger partial charge in [-0.3, -0.25) is 9.59 Å². The molecule has 2 rings (SSSR count). The summed E-state index contributed by atoms with van der Waals surface area (Å²) in [5, 5.41) is 8.52. The van der Waals surface area contributed by atoms with Crippen LogP contribution in [0.1, 0.15) is 16.8 Å². The number of nitrogens with zero attached hydrogens (tertiary/aromatic N) is 3. The van der Waals surface area contributed by atoms with Crippen molar-refractivity contribution in [3.63, 3.8) is 0 Å². The number of alkyl halides is 2. The molecule has 122 valence electrons. The topological polar surface area (TPSA) is 73.6 Å². The maximum absolute atomic E-state index is 12.4. The summed E-state index contributed by atoms with van der Waals surface area (Å²) in [6.45, 7) is -1.60. The Balaban J connectivity index is 1.97. The van der Waals surface area contributed by atoms with Crippen molar-refractivity contribution in [3.05, 3.63) is 29.8 Å². The number of benzene rings is 1. The summed E-state index contributed by atoms with van der Waals surface area (Å²) in [6.07, 6.45) is -0.180. The van der Waals surface area contributed by atoms with Gasteiger partial charge in [-0.2, -0.15) is 14.0 Å². The third-order valence-electron chi connectivity index (χ3n) is 3.46. The van der Waals surface area contributed by atoms with Crippen LogP contribution in [0.25, 0.3) is 0 Å². The lowest BCUT2D eigenvalue weighted by atomic mass is 10.1. The highest BCUT2D eigenvalue weighted by Gasteiger charge is 2.24. The molecule has 0 unspecified atom stereocenters. The average molecular weight is 323 g/mol. The number of amides is 2. The third-order valence-corrected chi connectivity index (χ3v) is 3.46. The van der Waals surface area contributed by atoms with E-state index in [1.165, 1.54) is 34.1 Å². The molecular formula is C15H15F2N3O3. The Morgan fingerprint density at radius 2 is 1.87 bits per heavy atom. The number of carbonyl (C=O) groups excluding carboxylic acids is 2. The van der Waals surface area contributed by atoms with E-state index in [1.54, 1.807) is 6.07 Å². The second-order valence-corrected chi connectivity index (χ2v) is 4.91. The lowest BCUT2D eigenvalue weighted by molar-refractivity contribution is -0.131. The van der Waals surface area contributed by atoms with Gasteiger partial charge < -0.3 is 14.5 Å². The lowest BCUT2D eigenvalue weighted by Crippen LogP contribution is -2.50. The molecule has 0 saturated carbocycles. The number of rotatable bonds is 4. The minimum absolute atomic E-state index is 0.0753. The SMILES string of the molecule is N#CCC(=O)N1CCN(C(=O)c2cccc(OC(F)F)c2)CC1. The summed E-state index contributed by atoms with van der Waals surface area (Å²) in [7, 11) is 0. The predicted octanol–water partition coefficient (Wildman–Crippen LogP) is 1.49. The van der Waals surface area contributed by atoms with E-state index in [2.05, 4.69) is 4.74 Å². The number of piperazine rings is 1. The Morgan fingerprint density at radius 1 is 1.22 bits per heavy atom. The molecule has 1 aromatic carbocycles. The van der Waals surface area contributed by atoms with Crippen molar-refractivity contribution in [1.29, 1.82) is 5.26 Å². The highest BCUT2D eigenvalue weighted by molar-refractivity contribution is 5.94. The number of hydrogen-bond acceptors (Lipinski definition) is 4. The quantitative estimate of drug-likeness (QED) is 0.841. The van der Waals surface area contributed by atoms with E-state index in [9.17, 15) is 18.4 Å². The average Bonchev–Trinajstić information content (AvgIpc) is 2.54. The van der Waals surface area contributed by atoms with Gasteiger partial charge in [0.15, 0.2) is 0 Å². The van der Waals surface area contributed by atoms with Gasteiger partial charge in [-0.15, -0.1) is 0 Å². The summed E-state index contributed by atoms with van der Waals surface area (Å²) in [4.78, 5) is 27.0. The zero-order valence-corrected chi connectivity index (χ0v) is 12.2. The zero-order chi connectivity index (χ0) is 16.8. The summed E-state index contributed by atoms with van der Waals surface area (Å²) in [5.41, 5.74) is 0.250. The number of ether oxygens (including phenoxy) is 1. The van der Waals surface area contributed by atoms with Gasteiger partial charge >= 0.3 is 6.61 Å². The maximum Gasteiger partial charge on any atom is 0.387 e. The molecule has 8 heteroatoms. The Morgan fingerprint density at radius 3 is 2.48 bits per heavy atom. The van der Waals surface area contributed by atoms with Crippen LogP contribution in [0.5, 0.6) is 5.75 Å². The van der Waals surface area contributed by atoms with Crippen molar-refractivity contribution < 1.29 is 23.1 Å². The molecule has 1 aliphatic rings. The Bertz CT molecular complexity index is 623. The first kappa shape index (κ1) is 16.7. The van der Waals surface area contributed by atoms with Crippen molar-refractivity contribution in [2.45, 2.75) is 13.0 Å². The van der Waals surface area contributed by atoms with E-state index in [0.717, 1.165) is 0 Å². The van der Waals surface area contributed by atoms with E-state index < -0.39 is 6.61 Å². The van der Waals surface area contributed by atoms with Crippen molar-refractivity contribution >= 4 is 11.8 Å². The second-order valence-electron chi connectivity index (χ2n) is 4.91. The monoisotopic (exact) mass is 323 g/mol. The molecule has 1 saturated heterocycles. The molecule has 6 nitrogen and oxygen atoms in total. The maximum atomic E-state index is 12.4. The van der Waals surface area contributed by atoms with Gasteiger partial charge in [0.25, 0.3) is 5.91 Å². The van der Waals surface area contributed by atoms with E-state index in [1.807, 2.05) is 0 Å². The van der Waals surface area contributed by atoms with E-state index in [0.29, 0.717) is 26.2 Å². The van der Waals surface area contributed by atoms with Crippen LogP contribution in [0.2, 0.25) is 0 Å². The Labute approximate surface area is 131 Å². The molecule has 0 radical (unpaired) electrons. The first-order chi connectivity index (χ1) is 11.0. The van der Waals surface area contributed by atoms with Gasteiger partial charge in [0.2, 0.25) is 5.91 Å². The molecule has 0 aliphatic carbocycles. The Hall–Kier alpha value is -2.69. The molecule has 0 spiro atoms. The molecule has 1 aromatic rings. The zero-order valence-electron chi connectivity index (χ0n) is 12.2. The van der Waals surface area contributed by atoms with E-state index in [4.69, 9.17) is 5.26 Å². The van der Waals surface area contributed by atoms with Gasteiger partial charge in [0.1, 0.15) is 12.2 Å². The molecule has 0 N–H and O–H groups in total. The summed E-state index contributed by atoms with van der Waals surface area (Å²) >= 11 is 0. The van der Waals surface area contributed by atoms with Crippen molar-refractivity contribution in [1.82, 2.24) is 9.80 Å². The second kappa shape index (κ2) is 7.54. The van der Waals surface area contributed by atoms with Crippen LogP contribution in [0, 0.1) is 11.3 Å². The predicted molar refractivity (Wildman–Crippen MR) is 75.8 cm³/mol. The highest BCUT2D eigenvalue weighted by Crippen LogP contribution is 2.18. The third kappa shape index (κ3) is 4.39. The summed E-state index contributed by atoms with van der Waals surface area (Å²) in [6, 6.07) is 7.41. The van der Waals surface area contributed by atoms with Crippen LogP contribution in [-0.2, 0) is 4.79 Å². The lowest BCUT2D eigenvalue weighted by Gasteiger charge is -2.34. The van der Waals surface area contributed by atoms with Gasteiger partial charge in [-0.1, -0.05) is 6.07 Å². The van der Waals surface area contributed by atoms with Gasteiger partial charge in [0.05, 0.1) is 6.07 Å². The molecular weight excluding hydrogens is 308 g/mol. The minimum atomic E-state index is -2.95. The van der Waals surface area contributed by atoms with E-state index >= 15 is 0 Å². The molecule has 1 fully saturated rings. The highest BCUT2D eigenvalue weighted by atomic mass is 19.3. The molecule has 1 aliphatic heterocycles. The number of hydrogen-bond donors (Lipinski definition) is 0. The molecule has 0 atom stereocenters. The van der Waals surface area contributed by atoms with Crippen LogP contribution < -0.4 is 4.74 Å².